The molecular weight excluding hydrogens is 331 g/mol. The quantitative estimate of drug-likeness (QED) is 0.812. The molecule has 24 heavy (non-hydrogen) atoms. The highest BCUT2D eigenvalue weighted by atomic mass is 32.2. The number of rotatable bonds is 7. The van der Waals surface area contributed by atoms with E-state index in [0.717, 1.165) is 0 Å². The van der Waals surface area contributed by atoms with Gasteiger partial charge in [0.15, 0.2) is 0 Å². The zero-order chi connectivity index (χ0) is 17.6. The summed E-state index contributed by atoms with van der Waals surface area (Å²) in [5.74, 6) is -0.342. The average Bonchev–Trinajstić information content (AvgIpc) is 2.56. The molecule has 0 atom stereocenters. The highest BCUT2D eigenvalue weighted by Crippen LogP contribution is 2.20. The molecule has 7 heteroatoms. The second-order valence-electron chi connectivity index (χ2n) is 6.12. The summed E-state index contributed by atoms with van der Waals surface area (Å²) < 4.78 is 39.0. The fraction of sp³-hybridized carbons (Fsp3) is 0.588. The van der Waals surface area contributed by atoms with Crippen LogP contribution in [0.25, 0.3) is 0 Å². The van der Waals surface area contributed by atoms with Crippen molar-refractivity contribution in [1.82, 2.24) is 9.62 Å². The molecule has 1 aliphatic rings. The van der Waals surface area contributed by atoms with Gasteiger partial charge >= 0.3 is 0 Å². The monoisotopic (exact) mass is 356 g/mol. The highest BCUT2D eigenvalue weighted by molar-refractivity contribution is 7.89. The van der Waals surface area contributed by atoms with Crippen LogP contribution >= 0.6 is 0 Å². The minimum Gasteiger partial charge on any atom is -0.356 e. The Balaban J connectivity index is 1.76. The maximum Gasteiger partial charge on any atom is 0.223 e. The molecule has 1 saturated heterocycles. The van der Waals surface area contributed by atoms with E-state index in [1.54, 1.807) is 18.2 Å². The Kier molecular flexibility index (Phi) is 6.74. The first-order valence-electron chi connectivity index (χ1n) is 8.43. The predicted octanol–water partition coefficient (Wildman–Crippen LogP) is 1.94. The van der Waals surface area contributed by atoms with Crippen LogP contribution in [0.15, 0.2) is 24.3 Å². The summed E-state index contributed by atoms with van der Waals surface area (Å²) in [5.41, 5.74) is 0.582. The average molecular weight is 356 g/mol. The summed E-state index contributed by atoms with van der Waals surface area (Å²) >= 11 is 0. The zero-order valence-electron chi connectivity index (χ0n) is 14.0. The first-order valence-corrected chi connectivity index (χ1v) is 10.0. The number of hydrogen-bond donors (Lipinski definition) is 1. The Morgan fingerprint density at radius 2 is 1.96 bits per heavy atom. The molecular formula is C17H25FN2O3S. The smallest absolute Gasteiger partial charge is 0.223 e. The van der Waals surface area contributed by atoms with E-state index in [0.29, 0.717) is 50.9 Å². The van der Waals surface area contributed by atoms with Crippen LogP contribution in [0.3, 0.4) is 0 Å². The van der Waals surface area contributed by atoms with Gasteiger partial charge in [-0.1, -0.05) is 25.1 Å². The molecule has 1 amide bonds. The van der Waals surface area contributed by atoms with Crippen molar-refractivity contribution in [2.75, 3.05) is 25.4 Å². The molecule has 1 aromatic carbocycles. The topological polar surface area (TPSA) is 66.5 Å². The van der Waals surface area contributed by atoms with E-state index in [4.69, 9.17) is 0 Å². The van der Waals surface area contributed by atoms with Crippen LogP contribution in [0.2, 0.25) is 0 Å². The van der Waals surface area contributed by atoms with Crippen LogP contribution < -0.4 is 5.32 Å². The SMILES string of the molecule is CCCS(=O)(=O)N1CCC(C(=O)NCCc2ccccc2F)CC1. The van der Waals surface area contributed by atoms with Gasteiger partial charge in [-0.05, 0) is 37.3 Å². The Hall–Kier alpha value is -1.47. The van der Waals surface area contributed by atoms with E-state index in [2.05, 4.69) is 5.32 Å². The fourth-order valence-corrected chi connectivity index (χ4v) is 4.49. The first kappa shape index (κ1) is 18.9. The van der Waals surface area contributed by atoms with Gasteiger partial charge in [0.05, 0.1) is 5.75 Å². The maximum atomic E-state index is 13.5. The second-order valence-corrected chi connectivity index (χ2v) is 8.21. The lowest BCUT2D eigenvalue weighted by Crippen LogP contribution is -2.44. The summed E-state index contributed by atoms with van der Waals surface area (Å²) in [5, 5.41) is 2.83. The van der Waals surface area contributed by atoms with E-state index in [9.17, 15) is 17.6 Å². The molecule has 5 nitrogen and oxygen atoms in total. The Labute approximate surface area is 143 Å². The molecule has 1 aromatic rings. The van der Waals surface area contributed by atoms with Crippen LogP contribution in [-0.4, -0.2) is 44.0 Å². The van der Waals surface area contributed by atoms with Crippen molar-refractivity contribution >= 4 is 15.9 Å². The highest BCUT2D eigenvalue weighted by Gasteiger charge is 2.30. The number of amides is 1. The van der Waals surface area contributed by atoms with Gasteiger partial charge in [-0.3, -0.25) is 4.79 Å². The van der Waals surface area contributed by atoms with Crippen molar-refractivity contribution in [3.63, 3.8) is 0 Å². The van der Waals surface area contributed by atoms with Crippen molar-refractivity contribution in [3.8, 4) is 0 Å². The number of nitrogens with zero attached hydrogens (tertiary/aromatic N) is 1. The Morgan fingerprint density at radius 1 is 1.29 bits per heavy atom. The summed E-state index contributed by atoms with van der Waals surface area (Å²) in [7, 11) is -3.18. The zero-order valence-corrected chi connectivity index (χ0v) is 14.8. The number of carbonyl (C=O) groups excluding carboxylic acids is 1. The van der Waals surface area contributed by atoms with Gasteiger partial charge in [0, 0.05) is 25.6 Å². The van der Waals surface area contributed by atoms with Crippen molar-refractivity contribution in [2.24, 2.45) is 5.92 Å². The summed E-state index contributed by atoms with van der Waals surface area (Å²) in [6.45, 7) is 3.02. The summed E-state index contributed by atoms with van der Waals surface area (Å²) in [4.78, 5) is 12.2. The first-order chi connectivity index (χ1) is 11.4. The van der Waals surface area contributed by atoms with Gasteiger partial charge in [-0.2, -0.15) is 0 Å². The Bertz CT molecular complexity index is 656. The lowest BCUT2D eigenvalue weighted by molar-refractivity contribution is -0.126. The standard InChI is InChI=1S/C17H25FN2O3S/c1-2-13-24(22,23)20-11-8-15(9-12-20)17(21)19-10-7-14-5-3-4-6-16(14)18/h3-6,15H,2,7-13H2,1H3,(H,19,21). The number of nitrogens with one attached hydrogen (secondary N) is 1. The van der Waals surface area contributed by atoms with E-state index in [1.807, 2.05) is 6.92 Å². The molecule has 2 rings (SSSR count). The van der Waals surface area contributed by atoms with Crippen molar-refractivity contribution < 1.29 is 17.6 Å². The summed E-state index contributed by atoms with van der Waals surface area (Å²) in [6, 6.07) is 6.52. The fourth-order valence-electron chi connectivity index (χ4n) is 2.95. The number of benzene rings is 1. The minimum atomic E-state index is -3.18. The predicted molar refractivity (Wildman–Crippen MR) is 91.5 cm³/mol. The number of hydrogen-bond acceptors (Lipinski definition) is 3. The van der Waals surface area contributed by atoms with Crippen LogP contribution in [0.5, 0.6) is 0 Å². The van der Waals surface area contributed by atoms with Gasteiger partial charge in [0.1, 0.15) is 5.82 Å². The molecule has 1 N–H and O–H groups in total. The second kappa shape index (κ2) is 8.58. The van der Waals surface area contributed by atoms with Crippen LogP contribution in [0.1, 0.15) is 31.7 Å². The molecule has 0 spiro atoms. The molecule has 0 saturated carbocycles. The van der Waals surface area contributed by atoms with Crippen molar-refractivity contribution in [3.05, 3.63) is 35.6 Å². The van der Waals surface area contributed by atoms with E-state index < -0.39 is 10.0 Å². The van der Waals surface area contributed by atoms with Crippen LogP contribution in [0, 0.1) is 11.7 Å². The third-order valence-electron chi connectivity index (χ3n) is 4.33. The number of piperidine rings is 1. The molecule has 0 radical (unpaired) electrons. The lowest BCUT2D eigenvalue weighted by atomic mass is 9.97. The lowest BCUT2D eigenvalue weighted by Gasteiger charge is -2.30. The summed E-state index contributed by atoms with van der Waals surface area (Å²) in [6.07, 6.45) is 2.11. The van der Waals surface area contributed by atoms with Crippen LogP contribution in [0.4, 0.5) is 4.39 Å². The third-order valence-corrected chi connectivity index (χ3v) is 6.41. The van der Waals surface area contributed by atoms with E-state index in [1.165, 1.54) is 10.4 Å². The van der Waals surface area contributed by atoms with Crippen LogP contribution in [-0.2, 0) is 21.2 Å². The number of sulfonamides is 1. The molecule has 1 fully saturated rings. The third kappa shape index (κ3) is 5.01. The molecule has 0 unspecified atom stereocenters. The normalized spacial score (nSPS) is 16.9. The van der Waals surface area contributed by atoms with Gasteiger partial charge in [0.25, 0.3) is 0 Å². The van der Waals surface area contributed by atoms with Gasteiger partial charge < -0.3 is 5.32 Å². The minimum absolute atomic E-state index is 0.0705. The van der Waals surface area contributed by atoms with Gasteiger partial charge in [-0.15, -0.1) is 0 Å². The van der Waals surface area contributed by atoms with Gasteiger partial charge in [-0.25, -0.2) is 17.1 Å². The molecule has 134 valence electrons. The number of halogens is 1. The molecule has 1 heterocycles. The Morgan fingerprint density at radius 3 is 2.58 bits per heavy atom. The van der Waals surface area contributed by atoms with E-state index in [-0.39, 0.29) is 23.4 Å². The molecule has 0 bridgehead atoms. The number of carbonyl (C=O) groups is 1. The van der Waals surface area contributed by atoms with Crippen molar-refractivity contribution in [2.45, 2.75) is 32.6 Å². The van der Waals surface area contributed by atoms with Gasteiger partial charge in [0.2, 0.25) is 15.9 Å². The molecule has 0 aromatic heterocycles. The molecule has 0 aliphatic carbocycles. The largest absolute Gasteiger partial charge is 0.356 e. The van der Waals surface area contributed by atoms with Crippen molar-refractivity contribution in [1.29, 1.82) is 0 Å². The maximum absolute atomic E-state index is 13.5. The van der Waals surface area contributed by atoms with E-state index >= 15 is 0 Å². The molecule has 1 aliphatic heterocycles.